The first-order valence-electron chi connectivity index (χ1n) is 15.8. The van der Waals surface area contributed by atoms with Crippen LogP contribution in [0.5, 0.6) is 0 Å². The molecule has 1 heterocycles. The van der Waals surface area contributed by atoms with E-state index in [1.165, 1.54) is 4.90 Å². The summed E-state index contributed by atoms with van der Waals surface area (Å²) in [7, 11) is 0.991. The molecule has 46 heavy (non-hydrogen) atoms. The van der Waals surface area contributed by atoms with E-state index in [1.807, 2.05) is 13.8 Å². The molecule has 260 valence electrons. The van der Waals surface area contributed by atoms with Gasteiger partial charge >= 0.3 is 18.1 Å². The van der Waals surface area contributed by atoms with Crippen molar-refractivity contribution in [3.63, 3.8) is 0 Å². The minimum Gasteiger partial charge on any atom is -0.363 e. The second-order valence-electron chi connectivity index (χ2n) is 15.2. The lowest BCUT2D eigenvalue weighted by molar-refractivity contribution is -0.184. The average Bonchev–Trinajstić information content (AvgIpc) is 3.22. The van der Waals surface area contributed by atoms with Crippen LogP contribution in [0.3, 0.4) is 0 Å². The first-order chi connectivity index (χ1) is 21.0. The molecule has 3 rings (SSSR count). The molecule has 15 heteroatoms. The van der Waals surface area contributed by atoms with Gasteiger partial charge < -0.3 is 31.5 Å². The van der Waals surface area contributed by atoms with Crippen LogP contribution in [0.2, 0.25) is 0 Å². The molecule has 0 spiro atoms. The number of carbonyl (C=O) groups excluding carboxylic acids is 6. The number of carbonyl (C=O) groups is 6. The van der Waals surface area contributed by atoms with Crippen molar-refractivity contribution in [2.75, 3.05) is 20.1 Å². The van der Waals surface area contributed by atoms with Crippen molar-refractivity contribution in [1.82, 2.24) is 25.8 Å². The highest BCUT2D eigenvalue weighted by molar-refractivity contribution is 6.37. The Morgan fingerprint density at radius 1 is 1.00 bits per heavy atom. The molecule has 0 bridgehead atoms. The predicted octanol–water partition coefficient (Wildman–Crippen LogP) is 1.96. The quantitative estimate of drug-likeness (QED) is 0.234. The Hall–Kier alpha value is -3.39. The summed E-state index contributed by atoms with van der Waals surface area (Å²) in [6.07, 6.45) is -2.05. The van der Waals surface area contributed by atoms with E-state index in [0.29, 0.717) is 4.90 Å². The number of amides is 6. The van der Waals surface area contributed by atoms with Gasteiger partial charge in [-0.1, -0.05) is 67.7 Å². The van der Waals surface area contributed by atoms with Crippen LogP contribution >= 0.6 is 0 Å². The number of likely N-dealkylation sites (tertiary alicyclic amines) is 1. The van der Waals surface area contributed by atoms with Crippen LogP contribution in [0.25, 0.3) is 0 Å². The molecule has 3 aliphatic rings. The predicted molar refractivity (Wildman–Crippen MR) is 162 cm³/mol. The van der Waals surface area contributed by atoms with Crippen molar-refractivity contribution in [1.29, 1.82) is 0 Å². The summed E-state index contributed by atoms with van der Waals surface area (Å²) in [5, 5.41) is 7.98. The Labute approximate surface area is 268 Å². The molecule has 2 aliphatic carbocycles. The third-order valence-electron chi connectivity index (χ3n) is 10.00. The molecule has 0 aromatic rings. The first-order valence-corrected chi connectivity index (χ1v) is 15.8. The zero-order valence-corrected chi connectivity index (χ0v) is 27.9. The fourth-order valence-electron chi connectivity index (χ4n) is 6.71. The molecular weight excluding hydrogens is 609 g/mol. The van der Waals surface area contributed by atoms with Crippen molar-refractivity contribution in [3.8, 4) is 0 Å². The molecule has 2 saturated carbocycles. The van der Waals surface area contributed by atoms with Gasteiger partial charge in [-0.15, -0.1) is 0 Å². The molecule has 12 nitrogen and oxygen atoms in total. The van der Waals surface area contributed by atoms with Crippen LogP contribution < -0.4 is 21.7 Å². The number of nitrogens with two attached hydrogens (primary N) is 1. The zero-order chi connectivity index (χ0) is 35.1. The van der Waals surface area contributed by atoms with E-state index in [9.17, 15) is 41.9 Å². The lowest BCUT2D eigenvalue weighted by atomic mass is 9.80. The number of Topliss-reactive ketones (excluding diaryl/α,β-unsaturated/α-hetero) is 1. The number of hydrogen-bond donors (Lipinski definition) is 4. The van der Waals surface area contributed by atoms with Gasteiger partial charge in [-0.2, -0.15) is 13.2 Å². The molecule has 0 aromatic heterocycles. The minimum absolute atomic E-state index is 0.00871. The maximum absolute atomic E-state index is 14.2. The van der Waals surface area contributed by atoms with Crippen LogP contribution in [-0.2, 0) is 24.0 Å². The number of likely N-dealkylation sites (N-methyl/N-ethyl adjacent to an activating group) is 1. The number of ketones is 1. The summed E-state index contributed by atoms with van der Waals surface area (Å²) in [5.74, 6) is -5.61. The number of alkyl halides is 3. The second kappa shape index (κ2) is 13.4. The van der Waals surface area contributed by atoms with E-state index >= 15 is 0 Å². The van der Waals surface area contributed by atoms with Gasteiger partial charge in [0, 0.05) is 20.1 Å². The molecule has 0 aromatic carbocycles. The van der Waals surface area contributed by atoms with E-state index in [2.05, 4.69) is 16.0 Å². The fourth-order valence-corrected chi connectivity index (χ4v) is 6.71. The second-order valence-corrected chi connectivity index (χ2v) is 15.2. The highest BCUT2D eigenvalue weighted by Gasteiger charge is 2.70. The third kappa shape index (κ3) is 8.11. The lowest BCUT2D eigenvalue weighted by Crippen LogP contribution is -2.62. The lowest BCUT2D eigenvalue weighted by Gasteiger charge is -2.38. The topological polar surface area (TPSA) is 171 Å². The van der Waals surface area contributed by atoms with Crippen LogP contribution in [-0.4, -0.2) is 95.7 Å². The molecule has 6 amide bonds. The molecule has 6 atom stereocenters. The minimum atomic E-state index is -5.07. The van der Waals surface area contributed by atoms with Crippen molar-refractivity contribution < 1.29 is 41.9 Å². The van der Waals surface area contributed by atoms with Crippen molar-refractivity contribution in [3.05, 3.63) is 0 Å². The Morgan fingerprint density at radius 2 is 1.59 bits per heavy atom. The highest BCUT2D eigenvalue weighted by Crippen LogP contribution is 2.65. The molecule has 3 fully saturated rings. The number of primary amides is 1. The number of rotatable bonds is 12. The molecule has 1 saturated heterocycles. The fraction of sp³-hybridized carbons (Fsp3) is 0.806. The smallest absolute Gasteiger partial charge is 0.363 e. The largest absolute Gasteiger partial charge is 0.471 e. The summed E-state index contributed by atoms with van der Waals surface area (Å²) in [5.41, 5.74) is 4.16. The normalized spacial score (nSPS) is 24.2. The van der Waals surface area contributed by atoms with Crippen LogP contribution in [0.1, 0.15) is 74.1 Å². The molecular formula is C31H49F3N6O6. The number of nitrogens with one attached hydrogen (secondary N) is 3. The van der Waals surface area contributed by atoms with Gasteiger partial charge in [0.05, 0.1) is 12.1 Å². The number of urea groups is 1. The van der Waals surface area contributed by atoms with Gasteiger partial charge in [-0.05, 0) is 40.9 Å². The summed E-state index contributed by atoms with van der Waals surface area (Å²) in [4.78, 5) is 79.2. The maximum atomic E-state index is 14.2. The summed E-state index contributed by atoms with van der Waals surface area (Å²) >= 11 is 0. The van der Waals surface area contributed by atoms with E-state index < -0.39 is 77.7 Å². The standard InChI is InChI=1S/C31H49F3N6O6/c1-15(2)19(14-39(8)27(45)31(32,33)34)37-28(46)38-23(29(3,4)5)26(44)40-13-17-20(30(17,6)7)21(40)25(43)36-18(22(41)24(35)42)12-16-10-9-11-16/h15-21,23H,9-14H2,1-8H3,(H2,35,42)(H,36,43)(H2,37,38,46)/t17-,18?,19+,20-,21-,23+/m0/s1. The third-order valence-corrected chi connectivity index (χ3v) is 10.00. The SMILES string of the molecule is CC(C)[C@@H](CN(C)C(=O)C(F)(F)F)NC(=O)N[C@H](C(=O)N1C[C@H]2[C@@H]([C@H]1C(=O)NC(CC1CCC1)C(=O)C(N)=O)C2(C)C)C(C)(C)C. The first kappa shape index (κ1) is 37.1. The van der Waals surface area contributed by atoms with E-state index in [4.69, 9.17) is 5.73 Å². The van der Waals surface area contributed by atoms with Crippen molar-refractivity contribution in [2.24, 2.45) is 40.2 Å². The number of piperidine rings is 1. The van der Waals surface area contributed by atoms with Crippen LogP contribution in [0, 0.1) is 34.5 Å². The zero-order valence-electron chi connectivity index (χ0n) is 27.9. The van der Waals surface area contributed by atoms with Gasteiger partial charge in [0.2, 0.25) is 17.6 Å². The van der Waals surface area contributed by atoms with E-state index in [0.717, 1.165) is 26.3 Å². The van der Waals surface area contributed by atoms with Crippen LogP contribution in [0.4, 0.5) is 18.0 Å². The summed E-state index contributed by atoms with van der Waals surface area (Å²) in [6, 6.07) is -4.91. The Kier molecular flexibility index (Phi) is 10.8. The molecule has 0 radical (unpaired) electrons. The summed E-state index contributed by atoms with van der Waals surface area (Å²) < 4.78 is 38.8. The number of halogens is 3. The highest BCUT2D eigenvalue weighted by atomic mass is 19.4. The van der Waals surface area contributed by atoms with Gasteiger partial charge in [-0.3, -0.25) is 24.0 Å². The molecule has 1 aliphatic heterocycles. The Bertz CT molecular complexity index is 1230. The summed E-state index contributed by atoms with van der Waals surface area (Å²) in [6.45, 7) is 12.3. The Balaban J connectivity index is 1.80. The Morgan fingerprint density at radius 3 is 2.04 bits per heavy atom. The van der Waals surface area contributed by atoms with Gasteiger partial charge in [0.25, 0.3) is 5.91 Å². The van der Waals surface area contributed by atoms with Crippen molar-refractivity contribution >= 4 is 35.4 Å². The van der Waals surface area contributed by atoms with Crippen LogP contribution in [0.15, 0.2) is 0 Å². The van der Waals surface area contributed by atoms with E-state index in [1.54, 1.807) is 34.6 Å². The molecule has 1 unspecified atom stereocenters. The monoisotopic (exact) mass is 658 g/mol. The van der Waals surface area contributed by atoms with E-state index in [-0.39, 0.29) is 42.1 Å². The van der Waals surface area contributed by atoms with Gasteiger partial charge in [0.15, 0.2) is 0 Å². The molecule has 5 N–H and O–H groups in total. The van der Waals surface area contributed by atoms with Gasteiger partial charge in [-0.25, -0.2) is 4.79 Å². The maximum Gasteiger partial charge on any atom is 0.471 e. The van der Waals surface area contributed by atoms with Gasteiger partial charge in [0.1, 0.15) is 12.1 Å². The average molecular weight is 659 g/mol. The number of fused-ring (bicyclic) bond motifs is 1. The number of nitrogens with zero attached hydrogens (tertiary/aromatic N) is 2. The van der Waals surface area contributed by atoms with Crippen molar-refractivity contribution in [2.45, 2.75) is 104 Å². The number of hydrogen-bond acceptors (Lipinski definition) is 6.